The van der Waals surface area contributed by atoms with Crippen molar-refractivity contribution in [3.8, 4) is 0 Å². The molecule has 0 radical (unpaired) electrons. The first-order valence-corrected chi connectivity index (χ1v) is 3.82. The highest BCUT2D eigenvalue weighted by Gasteiger charge is 2.32. The summed E-state index contributed by atoms with van der Waals surface area (Å²) in [6, 6.07) is 0. The molecule has 0 aromatic heterocycles. The first-order chi connectivity index (χ1) is 5.77. The summed E-state index contributed by atoms with van der Waals surface area (Å²) in [6.45, 7) is 0. The smallest absolute Gasteiger partial charge is 0.232 e. The molecule has 0 aromatic rings. The van der Waals surface area contributed by atoms with E-state index in [0.29, 0.717) is 12.3 Å². The fraction of sp³-hybridized carbons (Fsp3) is 0.375. The zero-order chi connectivity index (χ0) is 8.55. The van der Waals surface area contributed by atoms with Gasteiger partial charge in [0.25, 0.3) is 0 Å². The number of aliphatic imine (C=N–C) groups is 1. The second-order valence-corrected chi connectivity index (χ2v) is 2.88. The third-order valence-corrected chi connectivity index (χ3v) is 2.01. The lowest BCUT2D eigenvalue weighted by Gasteiger charge is -2.23. The Kier molecular flexibility index (Phi) is 1.53. The maximum Gasteiger partial charge on any atom is 0.232 e. The second-order valence-electron chi connectivity index (χ2n) is 2.88. The average Bonchev–Trinajstić information content (AvgIpc) is 2.04. The van der Waals surface area contributed by atoms with E-state index in [0.717, 1.165) is 0 Å². The Morgan fingerprint density at radius 3 is 3.17 bits per heavy atom. The molecule has 2 aliphatic heterocycles. The van der Waals surface area contributed by atoms with Crippen LogP contribution in [0.3, 0.4) is 0 Å². The molecule has 0 aromatic carbocycles. The van der Waals surface area contributed by atoms with Gasteiger partial charge in [0.15, 0.2) is 5.78 Å². The van der Waals surface area contributed by atoms with Crippen LogP contribution in [0.25, 0.3) is 0 Å². The molecule has 4 nitrogen and oxygen atoms in total. The van der Waals surface area contributed by atoms with Crippen molar-refractivity contribution in [1.29, 1.82) is 0 Å². The van der Waals surface area contributed by atoms with E-state index < -0.39 is 0 Å². The molecular formula is C8H8N2O2. The van der Waals surface area contributed by atoms with Crippen LogP contribution in [0.15, 0.2) is 17.3 Å². The largest absolute Gasteiger partial charge is 0.313 e. The van der Waals surface area contributed by atoms with E-state index in [-0.39, 0.29) is 24.0 Å². The SMILES string of the molecule is O=C1CC(=O)C2CC=CN=C2N1. The van der Waals surface area contributed by atoms with Crippen LogP contribution < -0.4 is 5.32 Å². The normalized spacial score (nSPS) is 27.7. The van der Waals surface area contributed by atoms with Crippen LogP contribution >= 0.6 is 0 Å². The molecule has 12 heavy (non-hydrogen) atoms. The number of fused-ring (bicyclic) bond motifs is 1. The highest BCUT2D eigenvalue weighted by Crippen LogP contribution is 2.17. The predicted octanol–water partition coefficient (Wildman–Crippen LogP) is 0.00750. The molecular weight excluding hydrogens is 156 g/mol. The van der Waals surface area contributed by atoms with Gasteiger partial charge in [-0.15, -0.1) is 0 Å². The molecule has 0 aliphatic carbocycles. The number of Topliss-reactive ketones (excluding diaryl/α,β-unsaturated/α-hetero) is 1. The topological polar surface area (TPSA) is 58.5 Å². The zero-order valence-corrected chi connectivity index (χ0v) is 6.41. The van der Waals surface area contributed by atoms with E-state index in [1.54, 1.807) is 6.20 Å². The van der Waals surface area contributed by atoms with E-state index in [9.17, 15) is 9.59 Å². The van der Waals surface area contributed by atoms with Gasteiger partial charge >= 0.3 is 0 Å². The van der Waals surface area contributed by atoms with Crippen molar-refractivity contribution in [1.82, 2.24) is 5.32 Å². The van der Waals surface area contributed by atoms with Gasteiger partial charge in [-0.25, -0.2) is 4.99 Å². The molecule has 4 heteroatoms. The van der Waals surface area contributed by atoms with Crippen molar-refractivity contribution in [3.63, 3.8) is 0 Å². The molecule has 2 rings (SSSR count). The monoisotopic (exact) mass is 164 g/mol. The van der Waals surface area contributed by atoms with E-state index in [1.165, 1.54) is 0 Å². The van der Waals surface area contributed by atoms with Crippen molar-refractivity contribution < 1.29 is 9.59 Å². The first-order valence-electron chi connectivity index (χ1n) is 3.82. The Bertz CT molecular complexity index is 304. The van der Waals surface area contributed by atoms with Gasteiger partial charge in [0.1, 0.15) is 5.84 Å². The fourth-order valence-electron chi connectivity index (χ4n) is 1.40. The fourth-order valence-corrected chi connectivity index (χ4v) is 1.40. The number of allylic oxidation sites excluding steroid dienone is 1. The number of ketones is 1. The Morgan fingerprint density at radius 2 is 2.33 bits per heavy atom. The number of nitrogens with one attached hydrogen (secondary N) is 1. The van der Waals surface area contributed by atoms with Crippen molar-refractivity contribution in [2.45, 2.75) is 12.8 Å². The lowest BCUT2D eigenvalue weighted by molar-refractivity contribution is -0.130. The van der Waals surface area contributed by atoms with Gasteiger partial charge in [0.2, 0.25) is 5.91 Å². The Balaban J connectivity index is 2.30. The Labute approximate surface area is 69.4 Å². The predicted molar refractivity (Wildman–Crippen MR) is 42.4 cm³/mol. The molecule has 1 amide bonds. The minimum absolute atomic E-state index is 0.00245. The highest BCUT2D eigenvalue weighted by atomic mass is 16.2. The third kappa shape index (κ3) is 1.05. The van der Waals surface area contributed by atoms with E-state index in [2.05, 4.69) is 10.3 Å². The number of rotatable bonds is 0. The van der Waals surface area contributed by atoms with Crippen LogP contribution in [0.1, 0.15) is 12.8 Å². The number of hydrogen-bond donors (Lipinski definition) is 1. The van der Waals surface area contributed by atoms with Crippen LogP contribution in [0.2, 0.25) is 0 Å². The summed E-state index contributed by atoms with van der Waals surface area (Å²) < 4.78 is 0. The third-order valence-electron chi connectivity index (χ3n) is 2.01. The van der Waals surface area contributed by atoms with Gasteiger partial charge in [0.05, 0.1) is 12.3 Å². The van der Waals surface area contributed by atoms with Crippen molar-refractivity contribution in [2.24, 2.45) is 10.9 Å². The summed E-state index contributed by atoms with van der Waals surface area (Å²) in [7, 11) is 0. The van der Waals surface area contributed by atoms with Crippen LogP contribution in [-0.2, 0) is 9.59 Å². The van der Waals surface area contributed by atoms with Crippen molar-refractivity contribution >= 4 is 17.5 Å². The van der Waals surface area contributed by atoms with Gasteiger partial charge in [-0.2, -0.15) is 0 Å². The summed E-state index contributed by atoms with van der Waals surface area (Å²) >= 11 is 0. The minimum Gasteiger partial charge on any atom is -0.313 e. The average molecular weight is 164 g/mol. The molecule has 1 N–H and O–H groups in total. The van der Waals surface area contributed by atoms with Gasteiger partial charge < -0.3 is 5.32 Å². The number of amides is 1. The quantitative estimate of drug-likeness (QED) is 0.512. The molecule has 0 bridgehead atoms. The summed E-state index contributed by atoms with van der Waals surface area (Å²) in [5.41, 5.74) is 0. The number of amidine groups is 1. The molecule has 1 unspecified atom stereocenters. The molecule has 1 saturated heterocycles. The zero-order valence-electron chi connectivity index (χ0n) is 6.41. The molecule has 1 atom stereocenters. The van der Waals surface area contributed by atoms with Crippen LogP contribution in [-0.4, -0.2) is 17.5 Å². The van der Waals surface area contributed by atoms with Gasteiger partial charge in [-0.1, -0.05) is 6.08 Å². The van der Waals surface area contributed by atoms with E-state index in [4.69, 9.17) is 0 Å². The number of piperidine rings is 1. The molecule has 0 saturated carbocycles. The van der Waals surface area contributed by atoms with Gasteiger partial charge in [-0.3, -0.25) is 9.59 Å². The molecule has 2 heterocycles. The molecule has 0 spiro atoms. The Morgan fingerprint density at radius 1 is 1.50 bits per heavy atom. The van der Waals surface area contributed by atoms with Crippen LogP contribution in [0, 0.1) is 5.92 Å². The van der Waals surface area contributed by atoms with Gasteiger partial charge in [0, 0.05) is 6.20 Å². The number of nitrogens with zero attached hydrogens (tertiary/aromatic N) is 1. The minimum atomic E-state index is -0.245. The van der Waals surface area contributed by atoms with Crippen molar-refractivity contribution in [3.05, 3.63) is 12.3 Å². The Hall–Kier alpha value is -1.45. The first kappa shape index (κ1) is 7.21. The maximum absolute atomic E-state index is 11.3. The lowest BCUT2D eigenvalue weighted by atomic mass is 9.92. The molecule has 62 valence electrons. The van der Waals surface area contributed by atoms with E-state index in [1.807, 2.05) is 6.08 Å². The lowest BCUT2D eigenvalue weighted by Crippen LogP contribution is -2.46. The summed E-state index contributed by atoms with van der Waals surface area (Å²) in [6.07, 6.45) is 4.11. The van der Waals surface area contributed by atoms with Crippen LogP contribution in [0.4, 0.5) is 0 Å². The number of carbonyl (C=O) groups is 2. The maximum atomic E-state index is 11.3. The standard InChI is InChI=1S/C8H8N2O2/c11-6-4-7(12)10-8-5(6)2-1-3-9-8/h1,3,5H,2,4H2,(H,9,10,12). The van der Waals surface area contributed by atoms with E-state index >= 15 is 0 Å². The highest BCUT2D eigenvalue weighted by molar-refractivity contribution is 6.20. The van der Waals surface area contributed by atoms with Crippen molar-refractivity contribution in [2.75, 3.05) is 0 Å². The number of hydrogen-bond acceptors (Lipinski definition) is 3. The molecule has 2 aliphatic rings. The molecule has 1 fully saturated rings. The van der Waals surface area contributed by atoms with Crippen LogP contribution in [0.5, 0.6) is 0 Å². The summed E-state index contributed by atoms with van der Waals surface area (Å²) in [5.74, 6) is 0.0404. The second kappa shape index (κ2) is 2.55. The summed E-state index contributed by atoms with van der Waals surface area (Å²) in [4.78, 5) is 26.1. The van der Waals surface area contributed by atoms with Gasteiger partial charge in [-0.05, 0) is 6.42 Å². The summed E-state index contributed by atoms with van der Waals surface area (Å²) in [5, 5.41) is 2.59. The number of carbonyl (C=O) groups excluding carboxylic acids is 2.